The first-order valence-corrected chi connectivity index (χ1v) is 11.4. The Morgan fingerprint density at radius 1 is 1.10 bits per heavy atom. The third-order valence-electron chi connectivity index (χ3n) is 5.70. The maximum atomic E-state index is 12.3. The molecule has 0 amide bonds. The van der Waals surface area contributed by atoms with E-state index in [0.29, 0.717) is 30.1 Å². The van der Waals surface area contributed by atoms with Gasteiger partial charge in [0.1, 0.15) is 5.82 Å². The van der Waals surface area contributed by atoms with Crippen LogP contribution in [0.3, 0.4) is 0 Å². The van der Waals surface area contributed by atoms with Crippen molar-refractivity contribution in [3.05, 3.63) is 58.6 Å². The van der Waals surface area contributed by atoms with Gasteiger partial charge in [0.25, 0.3) is 0 Å². The van der Waals surface area contributed by atoms with Gasteiger partial charge in [0.05, 0.1) is 17.7 Å². The van der Waals surface area contributed by atoms with Crippen molar-refractivity contribution in [2.24, 2.45) is 5.92 Å². The molecular weight excluding hydrogens is 456 g/mol. The van der Waals surface area contributed by atoms with Gasteiger partial charge in [0, 0.05) is 30.0 Å². The molecule has 1 saturated carbocycles. The molecule has 1 fully saturated rings. The number of aromatic nitrogens is 2. The molecule has 4 rings (SSSR count). The molecule has 1 aromatic heterocycles. The Kier molecular flexibility index (Phi) is 6.70. The fraction of sp³-hybridized carbons (Fsp3) is 0.375. The summed E-state index contributed by atoms with van der Waals surface area (Å²) in [6.45, 7) is 0.468. The maximum Gasteiger partial charge on any atom is 0.338 e. The number of carbonyl (C=O) groups excluding carboxylic acids is 1. The van der Waals surface area contributed by atoms with Gasteiger partial charge < -0.3 is 15.0 Å². The van der Waals surface area contributed by atoms with Crippen molar-refractivity contribution in [3.63, 3.8) is 0 Å². The molecule has 1 heterocycles. The van der Waals surface area contributed by atoms with Crippen molar-refractivity contribution in [3.8, 4) is 0 Å². The van der Waals surface area contributed by atoms with Gasteiger partial charge in [0.2, 0.25) is 5.95 Å². The van der Waals surface area contributed by atoms with E-state index in [1.807, 2.05) is 49.3 Å². The molecule has 162 valence electrons. The normalized spacial score (nSPS) is 18.5. The fourth-order valence-electron chi connectivity index (χ4n) is 4.01. The van der Waals surface area contributed by atoms with Gasteiger partial charge in [-0.1, -0.05) is 34.1 Å². The molecule has 2 aromatic carbocycles. The van der Waals surface area contributed by atoms with Gasteiger partial charge >= 0.3 is 5.97 Å². The van der Waals surface area contributed by atoms with E-state index in [0.717, 1.165) is 46.9 Å². The second kappa shape index (κ2) is 9.64. The Labute approximate surface area is 191 Å². The summed E-state index contributed by atoms with van der Waals surface area (Å²) in [5.41, 5.74) is 1.52. The lowest BCUT2D eigenvalue weighted by molar-refractivity contribution is 0.0407. The van der Waals surface area contributed by atoms with Crippen LogP contribution < -0.4 is 10.2 Å². The second-order valence-corrected chi connectivity index (χ2v) is 9.17. The van der Waals surface area contributed by atoms with Crippen LogP contribution >= 0.6 is 15.9 Å². The molecule has 0 aliphatic heterocycles. The largest absolute Gasteiger partial charge is 0.462 e. The monoisotopic (exact) mass is 482 g/mol. The van der Waals surface area contributed by atoms with E-state index in [9.17, 15) is 4.79 Å². The number of hydrogen-bond donors (Lipinski definition) is 1. The molecule has 0 bridgehead atoms. The van der Waals surface area contributed by atoms with Crippen LogP contribution in [0.5, 0.6) is 0 Å². The molecule has 6 nitrogen and oxygen atoms in total. The minimum absolute atomic E-state index is 0.262. The summed E-state index contributed by atoms with van der Waals surface area (Å²) in [5, 5.41) is 4.57. The molecule has 0 atom stereocenters. The standard InChI is InChI=1S/C24H27BrN4O2/c1-29(2)22-20-8-3-4-9-21(20)27-24(28-22)26-19-12-10-16(11-13-19)15-31-23(30)17-6-5-7-18(25)14-17/h3-9,14,16,19H,10-13,15H2,1-2H3,(H,26,27,28). The van der Waals surface area contributed by atoms with E-state index in [2.05, 4.69) is 27.3 Å². The van der Waals surface area contributed by atoms with Crippen LogP contribution in [0.25, 0.3) is 10.9 Å². The molecule has 0 saturated heterocycles. The third-order valence-corrected chi connectivity index (χ3v) is 6.19. The zero-order chi connectivity index (χ0) is 21.8. The van der Waals surface area contributed by atoms with Crippen LogP contribution in [0.1, 0.15) is 36.0 Å². The SMILES string of the molecule is CN(C)c1nc(NC2CCC(COC(=O)c3cccc(Br)c3)CC2)nc2ccccc12. The van der Waals surface area contributed by atoms with E-state index in [4.69, 9.17) is 14.7 Å². The zero-order valence-corrected chi connectivity index (χ0v) is 19.4. The number of ether oxygens (including phenoxy) is 1. The molecule has 31 heavy (non-hydrogen) atoms. The number of para-hydroxylation sites is 1. The van der Waals surface area contributed by atoms with Crippen LogP contribution in [-0.4, -0.2) is 42.7 Å². The second-order valence-electron chi connectivity index (χ2n) is 8.25. The van der Waals surface area contributed by atoms with Crippen LogP contribution in [0.2, 0.25) is 0 Å². The number of fused-ring (bicyclic) bond motifs is 1. The Hall–Kier alpha value is -2.67. The van der Waals surface area contributed by atoms with Crippen LogP contribution in [0, 0.1) is 5.92 Å². The van der Waals surface area contributed by atoms with Gasteiger partial charge in [-0.3, -0.25) is 0 Å². The Bertz CT molecular complexity index is 1060. The summed E-state index contributed by atoms with van der Waals surface area (Å²) in [7, 11) is 4.00. The maximum absolute atomic E-state index is 12.3. The highest BCUT2D eigenvalue weighted by molar-refractivity contribution is 9.10. The number of hydrogen-bond acceptors (Lipinski definition) is 6. The van der Waals surface area contributed by atoms with Gasteiger partial charge in [-0.2, -0.15) is 4.98 Å². The van der Waals surface area contributed by atoms with Crippen LogP contribution in [0.4, 0.5) is 11.8 Å². The average Bonchev–Trinajstić information content (AvgIpc) is 2.77. The number of halogens is 1. The van der Waals surface area contributed by atoms with Crippen molar-refractivity contribution in [2.75, 3.05) is 30.9 Å². The summed E-state index contributed by atoms with van der Waals surface area (Å²) < 4.78 is 6.43. The predicted octanol–water partition coefficient (Wildman–Crippen LogP) is 5.29. The van der Waals surface area contributed by atoms with Gasteiger partial charge in [0.15, 0.2) is 0 Å². The molecule has 3 aromatic rings. The lowest BCUT2D eigenvalue weighted by Crippen LogP contribution is -2.29. The number of rotatable bonds is 6. The highest BCUT2D eigenvalue weighted by Crippen LogP contribution is 2.28. The van der Waals surface area contributed by atoms with Crippen molar-refractivity contribution < 1.29 is 9.53 Å². The summed E-state index contributed by atoms with van der Waals surface area (Å²) in [4.78, 5) is 23.7. The quantitative estimate of drug-likeness (QED) is 0.481. The zero-order valence-electron chi connectivity index (χ0n) is 17.8. The van der Waals surface area contributed by atoms with Crippen LogP contribution in [-0.2, 0) is 4.74 Å². The smallest absolute Gasteiger partial charge is 0.338 e. The van der Waals surface area contributed by atoms with Crippen LogP contribution in [0.15, 0.2) is 53.0 Å². The number of anilines is 2. The summed E-state index contributed by atoms with van der Waals surface area (Å²) >= 11 is 3.39. The average molecular weight is 483 g/mol. The number of carbonyl (C=O) groups is 1. The topological polar surface area (TPSA) is 67.3 Å². The lowest BCUT2D eigenvalue weighted by atomic mass is 9.86. The van der Waals surface area contributed by atoms with Crippen molar-refractivity contribution in [1.82, 2.24) is 9.97 Å². The van der Waals surface area contributed by atoms with Crippen molar-refractivity contribution in [1.29, 1.82) is 0 Å². The molecule has 1 aliphatic rings. The third kappa shape index (κ3) is 5.34. The highest BCUT2D eigenvalue weighted by atomic mass is 79.9. The highest BCUT2D eigenvalue weighted by Gasteiger charge is 2.23. The molecule has 7 heteroatoms. The Balaban J connectivity index is 1.32. The lowest BCUT2D eigenvalue weighted by Gasteiger charge is -2.29. The number of benzene rings is 2. The first kappa shape index (κ1) is 21.6. The molecule has 1 aliphatic carbocycles. The van der Waals surface area contributed by atoms with Gasteiger partial charge in [-0.25, -0.2) is 9.78 Å². The first-order chi connectivity index (χ1) is 15.0. The minimum Gasteiger partial charge on any atom is -0.462 e. The van der Waals surface area contributed by atoms with E-state index in [1.165, 1.54) is 0 Å². The minimum atomic E-state index is -0.262. The first-order valence-electron chi connectivity index (χ1n) is 10.6. The van der Waals surface area contributed by atoms with E-state index in [1.54, 1.807) is 12.1 Å². The number of nitrogens with zero attached hydrogens (tertiary/aromatic N) is 3. The summed E-state index contributed by atoms with van der Waals surface area (Å²) in [6.07, 6.45) is 4.04. The number of nitrogens with one attached hydrogen (secondary N) is 1. The van der Waals surface area contributed by atoms with E-state index >= 15 is 0 Å². The Morgan fingerprint density at radius 2 is 1.87 bits per heavy atom. The molecule has 1 N–H and O–H groups in total. The molecule has 0 radical (unpaired) electrons. The van der Waals surface area contributed by atoms with Gasteiger partial charge in [-0.05, 0) is 61.9 Å². The predicted molar refractivity (Wildman–Crippen MR) is 128 cm³/mol. The van der Waals surface area contributed by atoms with Crippen molar-refractivity contribution >= 4 is 44.6 Å². The molecule has 0 unspecified atom stereocenters. The molecule has 0 spiro atoms. The van der Waals surface area contributed by atoms with Crippen molar-refractivity contribution in [2.45, 2.75) is 31.7 Å². The summed E-state index contributed by atoms with van der Waals surface area (Å²) in [5.74, 6) is 1.72. The fourth-order valence-corrected chi connectivity index (χ4v) is 4.41. The van der Waals surface area contributed by atoms with E-state index < -0.39 is 0 Å². The van der Waals surface area contributed by atoms with Gasteiger partial charge in [-0.15, -0.1) is 0 Å². The Morgan fingerprint density at radius 3 is 2.61 bits per heavy atom. The van der Waals surface area contributed by atoms with E-state index in [-0.39, 0.29) is 5.97 Å². The molecular formula is C24H27BrN4O2. The number of esters is 1. The summed E-state index contributed by atoms with van der Waals surface area (Å²) in [6, 6.07) is 15.7.